The second-order valence-corrected chi connectivity index (χ2v) is 7.32. The highest BCUT2D eigenvalue weighted by atomic mass is 16.1. The first-order valence-electron chi connectivity index (χ1n) is 9.58. The third-order valence-corrected chi connectivity index (χ3v) is 5.07. The Bertz CT molecular complexity index is 1230. The molecule has 0 aliphatic carbocycles. The summed E-state index contributed by atoms with van der Waals surface area (Å²) in [6.45, 7) is 7.89. The number of benzene rings is 2. The van der Waals surface area contributed by atoms with Gasteiger partial charge in [-0.1, -0.05) is 36.4 Å². The number of carbonyl (C=O) groups is 1. The van der Waals surface area contributed by atoms with Crippen LogP contribution in [0.1, 0.15) is 28.1 Å². The van der Waals surface area contributed by atoms with E-state index in [0.29, 0.717) is 11.6 Å². The lowest BCUT2D eigenvalue weighted by molar-refractivity contribution is -0.115. The molecule has 0 saturated heterocycles. The maximum Gasteiger partial charge on any atom is 0.253 e. The van der Waals surface area contributed by atoms with Crippen molar-refractivity contribution in [2.75, 3.05) is 5.32 Å². The Morgan fingerprint density at radius 2 is 1.79 bits per heavy atom. The third-order valence-electron chi connectivity index (χ3n) is 5.07. The second kappa shape index (κ2) is 7.47. The molecule has 2 aromatic carbocycles. The largest absolute Gasteiger partial charge is 0.326 e. The first kappa shape index (κ1) is 18.8. The summed E-state index contributed by atoms with van der Waals surface area (Å²) in [5.74, 6) is 1.10. The summed E-state index contributed by atoms with van der Waals surface area (Å²) in [5.41, 5.74) is 6.51. The predicted molar refractivity (Wildman–Crippen MR) is 114 cm³/mol. The lowest BCUT2D eigenvalue weighted by Gasteiger charge is -2.11. The average Bonchev–Trinajstić information content (AvgIpc) is 3.09. The number of nitrogens with one attached hydrogen (secondary N) is 1. The van der Waals surface area contributed by atoms with Gasteiger partial charge in [0.15, 0.2) is 5.82 Å². The average molecular weight is 385 g/mol. The quantitative estimate of drug-likeness (QED) is 0.571. The van der Waals surface area contributed by atoms with Crippen molar-refractivity contribution >= 4 is 17.4 Å². The van der Waals surface area contributed by atoms with E-state index in [1.165, 1.54) is 0 Å². The van der Waals surface area contributed by atoms with Gasteiger partial charge in [0.2, 0.25) is 5.91 Å². The molecule has 146 valence electrons. The van der Waals surface area contributed by atoms with Crippen LogP contribution in [0.25, 0.3) is 17.2 Å². The summed E-state index contributed by atoms with van der Waals surface area (Å²) in [6, 6.07) is 15.8. The Hall–Kier alpha value is -3.54. The molecule has 1 N–H and O–H groups in total. The van der Waals surface area contributed by atoms with Gasteiger partial charge >= 0.3 is 0 Å². The van der Waals surface area contributed by atoms with E-state index in [2.05, 4.69) is 20.4 Å². The van der Waals surface area contributed by atoms with Crippen LogP contribution < -0.4 is 5.32 Å². The highest BCUT2D eigenvalue weighted by molar-refractivity contribution is 5.92. The topological polar surface area (TPSA) is 72.2 Å². The van der Waals surface area contributed by atoms with Crippen molar-refractivity contribution in [2.45, 2.75) is 34.1 Å². The molecule has 0 aliphatic heterocycles. The minimum Gasteiger partial charge on any atom is -0.326 e. The van der Waals surface area contributed by atoms with E-state index in [0.717, 1.165) is 39.3 Å². The van der Waals surface area contributed by atoms with Gasteiger partial charge in [0, 0.05) is 28.2 Å². The molecule has 2 aromatic heterocycles. The number of nitrogens with zero attached hydrogens (tertiary/aromatic N) is 4. The number of hydrogen-bond acceptors (Lipinski definition) is 4. The molecule has 6 nitrogen and oxygen atoms in total. The van der Waals surface area contributed by atoms with Gasteiger partial charge in [0.25, 0.3) is 5.78 Å². The van der Waals surface area contributed by atoms with Crippen molar-refractivity contribution in [2.24, 2.45) is 0 Å². The van der Waals surface area contributed by atoms with E-state index >= 15 is 0 Å². The smallest absolute Gasteiger partial charge is 0.253 e. The molecule has 4 aromatic rings. The molecule has 4 rings (SSSR count). The van der Waals surface area contributed by atoms with Gasteiger partial charge in [-0.15, -0.1) is 5.10 Å². The Morgan fingerprint density at radius 3 is 2.55 bits per heavy atom. The molecule has 0 spiro atoms. The fourth-order valence-corrected chi connectivity index (χ4v) is 3.49. The highest BCUT2D eigenvalue weighted by Gasteiger charge is 2.17. The number of carbonyl (C=O) groups excluding carboxylic acids is 1. The van der Waals surface area contributed by atoms with Crippen LogP contribution in [0.4, 0.5) is 5.69 Å². The number of anilines is 1. The van der Waals surface area contributed by atoms with E-state index in [1.807, 2.05) is 76.2 Å². The number of amides is 1. The second-order valence-electron chi connectivity index (χ2n) is 7.32. The Balaban J connectivity index is 1.66. The van der Waals surface area contributed by atoms with Crippen molar-refractivity contribution in [1.29, 1.82) is 0 Å². The maximum absolute atomic E-state index is 12.6. The van der Waals surface area contributed by atoms with Gasteiger partial charge in [0.1, 0.15) is 0 Å². The predicted octanol–water partition coefficient (Wildman–Crippen LogP) is 4.21. The minimum absolute atomic E-state index is 0.0813. The molecular formula is C23H23N5O. The molecule has 0 radical (unpaired) electrons. The molecule has 2 heterocycles. The fraction of sp³-hybridized carbons (Fsp3) is 0.217. The first-order valence-corrected chi connectivity index (χ1v) is 9.58. The molecule has 0 atom stereocenters. The summed E-state index contributed by atoms with van der Waals surface area (Å²) in [4.78, 5) is 21.8. The van der Waals surface area contributed by atoms with Crippen LogP contribution in [0, 0.1) is 27.7 Å². The van der Waals surface area contributed by atoms with Crippen molar-refractivity contribution in [3.63, 3.8) is 0 Å². The van der Waals surface area contributed by atoms with E-state index in [1.54, 1.807) is 4.52 Å². The fourth-order valence-electron chi connectivity index (χ4n) is 3.49. The third kappa shape index (κ3) is 3.74. The van der Waals surface area contributed by atoms with Crippen LogP contribution in [0.5, 0.6) is 0 Å². The van der Waals surface area contributed by atoms with Gasteiger partial charge in [0.05, 0.1) is 6.42 Å². The number of aryl methyl sites for hydroxylation is 4. The number of rotatable bonds is 4. The molecule has 0 unspecified atom stereocenters. The zero-order chi connectivity index (χ0) is 20.5. The van der Waals surface area contributed by atoms with Gasteiger partial charge in [-0.05, 0) is 51.0 Å². The monoisotopic (exact) mass is 385 g/mol. The van der Waals surface area contributed by atoms with Crippen LogP contribution >= 0.6 is 0 Å². The van der Waals surface area contributed by atoms with Gasteiger partial charge < -0.3 is 5.32 Å². The summed E-state index contributed by atoms with van der Waals surface area (Å²) >= 11 is 0. The van der Waals surface area contributed by atoms with Gasteiger partial charge in [-0.3, -0.25) is 4.79 Å². The van der Waals surface area contributed by atoms with Crippen LogP contribution in [0.2, 0.25) is 0 Å². The molecular weight excluding hydrogens is 362 g/mol. The first-order chi connectivity index (χ1) is 13.9. The number of fused-ring (bicyclic) bond motifs is 1. The zero-order valence-corrected chi connectivity index (χ0v) is 17.0. The van der Waals surface area contributed by atoms with Crippen molar-refractivity contribution < 1.29 is 4.79 Å². The van der Waals surface area contributed by atoms with E-state index in [4.69, 9.17) is 0 Å². The van der Waals surface area contributed by atoms with E-state index in [9.17, 15) is 4.79 Å². The van der Waals surface area contributed by atoms with Gasteiger partial charge in [-0.25, -0.2) is 9.50 Å². The number of aromatic nitrogens is 4. The summed E-state index contributed by atoms with van der Waals surface area (Å²) in [6.07, 6.45) is 0.230. The molecule has 0 saturated carbocycles. The zero-order valence-electron chi connectivity index (χ0n) is 17.0. The SMILES string of the molecule is Cc1cccc(NC(=O)Cc2c(C)nc3nc(-c4ccccc4C)nn3c2C)c1. The molecule has 1 amide bonds. The van der Waals surface area contributed by atoms with E-state index in [-0.39, 0.29) is 12.3 Å². The number of hydrogen-bond donors (Lipinski definition) is 1. The lowest BCUT2D eigenvalue weighted by Crippen LogP contribution is -2.17. The molecule has 0 bridgehead atoms. The van der Waals surface area contributed by atoms with Crippen molar-refractivity contribution in [3.05, 3.63) is 76.6 Å². The minimum atomic E-state index is -0.0813. The van der Waals surface area contributed by atoms with Crippen LogP contribution in [-0.2, 0) is 11.2 Å². The lowest BCUT2D eigenvalue weighted by atomic mass is 10.1. The van der Waals surface area contributed by atoms with Crippen LogP contribution in [0.15, 0.2) is 48.5 Å². The summed E-state index contributed by atoms with van der Waals surface area (Å²) in [7, 11) is 0. The Labute approximate surface area is 169 Å². The molecule has 0 fully saturated rings. The highest BCUT2D eigenvalue weighted by Crippen LogP contribution is 2.22. The summed E-state index contributed by atoms with van der Waals surface area (Å²) in [5, 5.41) is 7.62. The standard InChI is InChI=1S/C23H23N5O/c1-14-8-7-10-18(12-14)25-21(29)13-20-16(3)24-23-26-22(27-28(23)17(20)4)19-11-6-5-9-15(19)2/h5-12H,13H2,1-4H3,(H,25,29). The molecule has 0 aliphatic rings. The van der Waals surface area contributed by atoms with Crippen LogP contribution in [-0.4, -0.2) is 25.5 Å². The Kier molecular flexibility index (Phi) is 4.84. The van der Waals surface area contributed by atoms with E-state index < -0.39 is 0 Å². The van der Waals surface area contributed by atoms with Crippen molar-refractivity contribution in [1.82, 2.24) is 19.6 Å². The molecule has 6 heteroatoms. The Morgan fingerprint density at radius 1 is 1.00 bits per heavy atom. The van der Waals surface area contributed by atoms with Crippen molar-refractivity contribution in [3.8, 4) is 11.4 Å². The summed E-state index contributed by atoms with van der Waals surface area (Å²) < 4.78 is 1.73. The normalized spacial score (nSPS) is 11.0. The maximum atomic E-state index is 12.6. The molecule has 29 heavy (non-hydrogen) atoms. The van der Waals surface area contributed by atoms with Crippen LogP contribution in [0.3, 0.4) is 0 Å². The van der Waals surface area contributed by atoms with Gasteiger partial charge in [-0.2, -0.15) is 4.98 Å².